The van der Waals surface area contributed by atoms with Gasteiger partial charge in [-0.25, -0.2) is 0 Å². The third-order valence-electron chi connectivity index (χ3n) is 2.74. The predicted molar refractivity (Wildman–Crippen MR) is 51.2 cm³/mol. The first-order chi connectivity index (χ1) is 6.14. The zero-order valence-electron chi connectivity index (χ0n) is 8.46. The number of carbonyl (C=O) groups is 1. The van der Waals surface area contributed by atoms with Gasteiger partial charge in [0.1, 0.15) is 6.29 Å². The van der Waals surface area contributed by atoms with Crippen LogP contribution in [-0.4, -0.2) is 18.5 Å². The molecule has 1 saturated heterocycles. The Hall–Kier alpha value is -0.810. The lowest BCUT2D eigenvalue weighted by Gasteiger charge is -2.22. The van der Waals surface area contributed by atoms with Crippen molar-refractivity contribution >= 4 is 6.29 Å². The minimum atomic E-state index is -0.359. The standard InChI is InChI=1S/C11H16O2/c1-4-5-6-11(8-12)7-9(2)13-10(11)3/h8-10H,6-7H2,1-3H3. The third kappa shape index (κ3) is 1.92. The van der Waals surface area contributed by atoms with E-state index in [0.717, 1.165) is 12.7 Å². The van der Waals surface area contributed by atoms with Gasteiger partial charge in [0.25, 0.3) is 0 Å². The minimum Gasteiger partial charge on any atom is -0.374 e. The van der Waals surface area contributed by atoms with E-state index in [-0.39, 0.29) is 17.6 Å². The van der Waals surface area contributed by atoms with E-state index in [1.165, 1.54) is 0 Å². The van der Waals surface area contributed by atoms with E-state index in [0.29, 0.717) is 6.42 Å². The average molecular weight is 180 g/mol. The molecule has 0 saturated carbocycles. The average Bonchev–Trinajstić information content (AvgIpc) is 2.38. The van der Waals surface area contributed by atoms with E-state index in [2.05, 4.69) is 11.8 Å². The Morgan fingerprint density at radius 1 is 1.62 bits per heavy atom. The second-order valence-corrected chi connectivity index (χ2v) is 3.75. The first kappa shape index (κ1) is 10.3. The van der Waals surface area contributed by atoms with Gasteiger partial charge in [0.2, 0.25) is 0 Å². The molecule has 0 aliphatic carbocycles. The molecular weight excluding hydrogens is 164 g/mol. The van der Waals surface area contributed by atoms with Gasteiger partial charge in [-0.3, -0.25) is 0 Å². The molecule has 0 aromatic rings. The monoisotopic (exact) mass is 180 g/mol. The first-order valence-corrected chi connectivity index (χ1v) is 4.66. The van der Waals surface area contributed by atoms with Gasteiger partial charge in [-0.05, 0) is 27.2 Å². The van der Waals surface area contributed by atoms with Crippen LogP contribution >= 0.6 is 0 Å². The molecule has 0 spiro atoms. The van der Waals surface area contributed by atoms with Crippen LogP contribution in [0, 0.1) is 17.3 Å². The Kier molecular flexibility index (Phi) is 3.11. The van der Waals surface area contributed by atoms with E-state index in [9.17, 15) is 4.79 Å². The van der Waals surface area contributed by atoms with Crippen LogP contribution in [0.15, 0.2) is 0 Å². The summed E-state index contributed by atoms with van der Waals surface area (Å²) in [7, 11) is 0. The Morgan fingerprint density at radius 2 is 2.31 bits per heavy atom. The van der Waals surface area contributed by atoms with Crippen LogP contribution in [0.3, 0.4) is 0 Å². The SMILES string of the molecule is CC#CCC1(C=O)CC(C)OC1C. The van der Waals surface area contributed by atoms with E-state index in [4.69, 9.17) is 4.74 Å². The van der Waals surface area contributed by atoms with E-state index >= 15 is 0 Å². The molecule has 0 aromatic carbocycles. The zero-order chi connectivity index (χ0) is 9.90. The highest BCUT2D eigenvalue weighted by Crippen LogP contribution is 2.39. The van der Waals surface area contributed by atoms with Crippen LogP contribution in [0.25, 0.3) is 0 Å². The van der Waals surface area contributed by atoms with Crippen molar-refractivity contribution < 1.29 is 9.53 Å². The number of rotatable bonds is 2. The Labute approximate surface area is 79.7 Å². The van der Waals surface area contributed by atoms with Crippen LogP contribution in [-0.2, 0) is 9.53 Å². The maximum atomic E-state index is 11.0. The van der Waals surface area contributed by atoms with Crippen LogP contribution in [0.4, 0.5) is 0 Å². The van der Waals surface area contributed by atoms with Crippen LogP contribution < -0.4 is 0 Å². The molecule has 13 heavy (non-hydrogen) atoms. The lowest BCUT2D eigenvalue weighted by atomic mass is 9.79. The molecule has 0 aromatic heterocycles. The summed E-state index contributed by atoms with van der Waals surface area (Å²) in [5, 5.41) is 0. The molecule has 1 aliphatic rings. The van der Waals surface area contributed by atoms with Crippen molar-refractivity contribution in [2.75, 3.05) is 0 Å². The molecule has 0 bridgehead atoms. The first-order valence-electron chi connectivity index (χ1n) is 4.66. The highest BCUT2D eigenvalue weighted by molar-refractivity contribution is 5.62. The van der Waals surface area contributed by atoms with Crippen molar-refractivity contribution in [3.05, 3.63) is 0 Å². The zero-order valence-corrected chi connectivity index (χ0v) is 8.46. The van der Waals surface area contributed by atoms with Crippen molar-refractivity contribution in [3.8, 4) is 11.8 Å². The van der Waals surface area contributed by atoms with Crippen LogP contribution in [0.2, 0.25) is 0 Å². The number of hydrogen-bond donors (Lipinski definition) is 0. The summed E-state index contributed by atoms with van der Waals surface area (Å²) < 4.78 is 5.57. The van der Waals surface area contributed by atoms with Crippen molar-refractivity contribution in [3.63, 3.8) is 0 Å². The summed E-state index contributed by atoms with van der Waals surface area (Å²) in [6.07, 6.45) is 2.62. The quantitative estimate of drug-likeness (QED) is 0.478. The summed E-state index contributed by atoms with van der Waals surface area (Å²) in [6, 6.07) is 0. The molecule has 2 heteroatoms. The fourth-order valence-corrected chi connectivity index (χ4v) is 1.89. The Morgan fingerprint density at radius 3 is 2.69 bits per heavy atom. The van der Waals surface area contributed by atoms with Gasteiger partial charge in [0, 0.05) is 6.42 Å². The van der Waals surface area contributed by atoms with Gasteiger partial charge in [0.15, 0.2) is 0 Å². The number of ether oxygens (including phenoxy) is 1. The molecule has 0 amide bonds. The predicted octanol–water partition coefficient (Wildman–Crippen LogP) is 1.78. The molecule has 1 heterocycles. The molecule has 1 fully saturated rings. The van der Waals surface area contributed by atoms with E-state index in [1.54, 1.807) is 6.92 Å². The van der Waals surface area contributed by atoms with Crippen LogP contribution in [0.1, 0.15) is 33.6 Å². The fourth-order valence-electron chi connectivity index (χ4n) is 1.89. The normalized spacial score (nSPS) is 38.1. The highest BCUT2D eigenvalue weighted by Gasteiger charge is 2.44. The van der Waals surface area contributed by atoms with E-state index in [1.807, 2.05) is 13.8 Å². The summed E-state index contributed by atoms with van der Waals surface area (Å²) in [5.41, 5.74) is -0.359. The second kappa shape index (κ2) is 3.93. The lowest BCUT2D eigenvalue weighted by molar-refractivity contribution is -0.118. The molecule has 0 radical (unpaired) electrons. The fraction of sp³-hybridized carbons (Fsp3) is 0.727. The van der Waals surface area contributed by atoms with Gasteiger partial charge in [-0.2, -0.15) is 0 Å². The molecular formula is C11H16O2. The van der Waals surface area contributed by atoms with Gasteiger partial charge in [-0.1, -0.05) is 0 Å². The van der Waals surface area contributed by atoms with Crippen LogP contribution in [0.5, 0.6) is 0 Å². The minimum absolute atomic E-state index is 0.000787. The van der Waals surface area contributed by atoms with Gasteiger partial charge in [0.05, 0.1) is 17.6 Å². The smallest absolute Gasteiger partial charge is 0.129 e. The van der Waals surface area contributed by atoms with Gasteiger partial charge in [-0.15, -0.1) is 11.8 Å². The molecule has 72 valence electrons. The molecule has 3 atom stereocenters. The summed E-state index contributed by atoms with van der Waals surface area (Å²) in [5.74, 6) is 5.80. The topological polar surface area (TPSA) is 26.3 Å². The third-order valence-corrected chi connectivity index (χ3v) is 2.74. The van der Waals surface area contributed by atoms with Crippen molar-refractivity contribution in [2.45, 2.75) is 45.8 Å². The maximum Gasteiger partial charge on any atom is 0.129 e. The largest absolute Gasteiger partial charge is 0.374 e. The van der Waals surface area contributed by atoms with Crippen molar-refractivity contribution in [1.82, 2.24) is 0 Å². The lowest BCUT2D eigenvalue weighted by Crippen LogP contribution is -2.29. The maximum absolute atomic E-state index is 11.0. The number of carbonyl (C=O) groups excluding carboxylic acids is 1. The molecule has 3 unspecified atom stereocenters. The van der Waals surface area contributed by atoms with Gasteiger partial charge >= 0.3 is 0 Å². The van der Waals surface area contributed by atoms with Gasteiger partial charge < -0.3 is 9.53 Å². The number of hydrogen-bond acceptors (Lipinski definition) is 2. The number of aldehydes is 1. The van der Waals surface area contributed by atoms with Crippen molar-refractivity contribution in [2.24, 2.45) is 5.41 Å². The highest BCUT2D eigenvalue weighted by atomic mass is 16.5. The Bertz CT molecular complexity index is 249. The van der Waals surface area contributed by atoms with E-state index < -0.39 is 0 Å². The molecule has 2 nitrogen and oxygen atoms in total. The molecule has 1 aliphatic heterocycles. The summed E-state index contributed by atoms with van der Waals surface area (Å²) >= 11 is 0. The summed E-state index contributed by atoms with van der Waals surface area (Å²) in [6.45, 7) is 5.75. The van der Waals surface area contributed by atoms with Crippen molar-refractivity contribution in [1.29, 1.82) is 0 Å². The Balaban J connectivity index is 2.78. The second-order valence-electron chi connectivity index (χ2n) is 3.75. The summed E-state index contributed by atoms with van der Waals surface area (Å²) in [4.78, 5) is 11.0. The molecule has 0 N–H and O–H groups in total. The molecule has 1 rings (SSSR count).